The Morgan fingerprint density at radius 1 is 1.42 bits per heavy atom. The van der Waals surface area contributed by atoms with E-state index in [2.05, 4.69) is 10.2 Å². The molecule has 0 amide bonds. The van der Waals surface area contributed by atoms with Gasteiger partial charge in [-0.2, -0.15) is 0 Å². The molecule has 1 atom stereocenters. The number of hydrogen-bond acceptors (Lipinski definition) is 5. The molecule has 0 radical (unpaired) electrons. The van der Waals surface area contributed by atoms with Crippen molar-refractivity contribution in [3.8, 4) is 0 Å². The highest BCUT2D eigenvalue weighted by Crippen LogP contribution is 2.21. The van der Waals surface area contributed by atoms with Crippen molar-refractivity contribution in [2.75, 3.05) is 32.7 Å². The van der Waals surface area contributed by atoms with E-state index < -0.39 is 11.0 Å². The van der Waals surface area contributed by atoms with Crippen molar-refractivity contribution in [1.29, 1.82) is 0 Å². The number of non-ortho nitro benzene ring substituents is 1. The van der Waals surface area contributed by atoms with Gasteiger partial charge >= 0.3 is 0 Å². The predicted octanol–water partition coefficient (Wildman–Crippen LogP) is 0.923. The number of piperazine rings is 1. The van der Waals surface area contributed by atoms with Gasteiger partial charge in [0.05, 0.1) is 11.0 Å². The second kappa shape index (κ2) is 6.60. The van der Waals surface area contributed by atoms with E-state index in [1.54, 1.807) is 12.1 Å². The highest BCUT2D eigenvalue weighted by molar-refractivity contribution is 5.35. The molecule has 1 heterocycles. The van der Waals surface area contributed by atoms with E-state index in [0.29, 0.717) is 12.0 Å². The van der Waals surface area contributed by atoms with Gasteiger partial charge < -0.3 is 15.3 Å². The average molecular weight is 265 g/mol. The minimum absolute atomic E-state index is 0.0266. The molecule has 0 aliphatic carbocycles. The Balaban J connectivity index is 1.89. The number of nitro groups is 1. The predicted molar refractivity (Wildman–Crippen MR) is 72.0 cm³/mol. The normalized spacial score (nSPS) is 18.2. The summed E-state index contributed by atoms with van der Waals surface area (Å²) in [5.74, 6) is 0. The molecule has 1 aliphatic rings. The Morgan fingerprint density at radius 3 is 2.84 bits per heavy atom. The van der Waals surface area contributed by atoms with E-state index in [0.717, 1.165) is 32.7 Å². The summed E-state index contributed by atoms with van der Waals surface area (Å²) >= 11 is 0. The third kappa shape index (κ3) is 3.99. The fourth-order valence-corrected chi connectivity index (χ4v) is 2.25. The van der Waals surface area contributed by atoms with Gasteiger partial charge in [0.1, 0.15) is 0 Å². The number of nitrogens with one attached hydrogen (secondary N) is 1. The van der Waals surface area contributed by atoms with Crippen molar-refractivity contribution in [2.24, 2.45) is 0 Å². The van der Waals surface area contributed by atoms with Crippen LogP contribution in [0.3, 0.4) is 0 Å². The van der Waals surface area contributed by atoms with Gasteiger partial charge in [0.2, 0.25) is 0 Å². The first-order valence-electron chi connectivity index (χ1n) is 6.52. The molecule has 0 bridgehead atoms. The summed E-state index contributed by atoms with van der Waals surface area (Å²) < 4.78 is 0. The maximum absolute atomic E-state index is 10.7. The summed E-state index contributed by atoms with van der Waals surface area (Å²) in [6, 6.07) is 6.23. The van der Waals surface area contributed by atoms with Crippen LogP contribution in [-0.4, -0.2) is 47.7 Å². The fraction of sp³-hybridized carbons (Fsp3) is 0.538. The zero-order chi connectivity index (χ0) is 13.7. The monoisotopic (exact) mass is 265 g/mol. The topological polar surface area (TPSA) is 78.6 Å². The first-order chi connectivity index (χ1) is 9.16. The van der Waals surface area contributed by atoms with Crippen LogP contribution in [0.15, 0.2) is 24.3 Å². The van der Waals surface area contributed by atoms with Crippen molar-refractivity contribution in [3.63, 3.8) is 0 Å². The van der Waals surface area contributed by atoms with E-state index in [1.807, 2.05) is 0 Å². The second-order valence-electron chi connectivity index (χ2n) is 4.75. The molecule has 0 spiro atoms. The second-order valence-corrected chi connectivity index (χ2v) is 4.75. The molecule has 1 fully saturated rings. The first-order valence-corrected chi connectivity index (χ1v) is 6.52. The van der Waals surface area contributed by atoms with E-state index in [-0.39, 0.29) is 5.69 Å². The van der Waals surface area contributed by atoms with Crippen LogP contribution < -0.4 is 5.32 Å². The molecule has 1 unspecified atom stereocenters. The van der Waals surface area contributed by atoms with Gasteiger partial charge in [0.15, 0.2) is 0 Å². The molecule has 2 N–H and O–H groups in total. The summed E-state index contributed by atoms with van der Waals surface area (Å²) in [4.78, 5) is 12.5. The van der Waals surface area contributed by atoms with Crippen LogP contribution in [0.1, 0.15) is 18.1 Å². The van der Waals surface area contributed by atoms with E-state index >= 15 is 0 Å². The van der Waals surface area contributed by atoms with Crippen molar-refractivity contribution in [3.05, 3.63) is 39.9 Å². The van der Waals surface area contributed by atoms with Crippen LogP contribution >= 0.6 is 0 Å². The zero-order valence-corrected chi connectivity index (χ0v) is 10.8. The van der Waals surface area contributed by atoms with E-state index in [1.165, 1.54) is 12.1 Å². The van der Waals surface area contributed by atoms with Gasteiger partial charge in [-0.25, -0.2) is 0 Å². The SMILES string of the molecule is O=[N+]([O-])c1cccc(C(O)CCN2CCNCC2)c1. The molecule has 6 nitrogen and oxygen atoms in total. The number of benzene rings is 1. The summed E-state index contributed by atoms with van der Waals surface area (Å²) in [6.45, 7) is 4.74. The van der Waals surface area contributed by atoms with Crippen LogP contribution in [0.5, 0.6) is 0 Å². The van der Waals surface area contributed by atoms with Crippen LogP contribution in [0, 0.1) is 10.1 Å². The lowest BCUT2D eigenvalue weighted by atomic mass is 10.1. The Morgan fingerprint density at radius 2 is 2.16 bits per heavy atom. The van der Waals surface area contributed by atoms with Crippen LogP contribution in [-0.2, 0) is 0 Å². The molecule has 0 aromatic heterocycles. The average Bonchev–Trinajstić information content (AvgIpc) is 2.46. The van der Waals surface area contributed by atoms with Gasteiger partial charge in [-0.3, -0.25) is 10.1 Å². The third-order valence-electron chi connectivity index (χ3n) is 3.39. The summed E-state index contributed by atoms with van der Waals surface area (Å²) in [6.07, 6.45) is -0.0453. The third-order valence-corrected chi connectivity index (χ3v) is 3.39. The van der Waals surface area contributed by atoms with Crippen LogP contribution in [0.4, 0.5) is 5.69 Å². The largest absolute Gasteiger partial charge is 0.388 e. The minimum Gasteiger partial charge on any atom is -0.388 e. The smallest absolute Gasteiger partial charge is 0.269 e. The van der Waals surface area contributed by atoms with Gasteiger partial charge in [-0.15, -0.1) is 0 Å². The number of rotatable bonds is 5. The summed E-state index contributed by atoms with van der Waals surface area (Å²) in [5, 5.41) is 24.1. The molecule has 1 aromatic rings. The lowest BCUT2D eigenvalue weighted by molar-refractivity contribution is -0.385. The number of aliphatic hydroxyl groups excluding tert-OH is 1. The molecule has 0 saturated carbocycles. The molecule has 2 rings (SSSR count). The van der Waals surface area contributed by atoms with Crippen molar-refractivity contribution in [1.82, 2.24) is 10.2 Å². The Hall–Kier alpha value is -1.50. The summed E-state index contributed by atoms with van der Waals surface area (Å²) in [5.41, 5.74) is 0.642. The van der Waals surface area contributed by atoms with Gasteiger partial charge in [-0.1, -0.05) is 12.1 Å². The molecule has 19 heavy (non-hydrogen) atoms. The number of nitro benzene ring substituents is 1. The highest BCUT2D eigenvalue weighted by atomic mass is 16.6. The number of nitrogens with zero attached hydrogens (tertiary/aromatic N) is 2. The lowest BCUT2D eigenvalue weighted by Crippen LogP contribution is -2.44. The minimum atomic E-state index is -0.644. The molecule has 1 aliphatic heterocycles. The highest BCUT2D eigenvalue weighted by Gasteiger charge is 2.15. The molecule has 104 valence electrons. The Kier molecular flexibility index (Phi) is 4.84. The molecule has 6 heteroatoms. The molecular weight excluding hydrogens is 246 g/mol. The zero-order valence-electron chi connectivity index (χ0n) is 10.8. The Bertz CT molecular complexity index is 433. The molecular formula is C13H19N3O3. The fourth-order valence-electron chi connectivity index (χ4n) is 2.25. The lowest BCUT2D eigenvalue weighted by Gasteiger charge is -2.27. The molecule has 1 aromatic carbocycles. The maximum atomic E-state index is 10.7. The number of hydrogen-bond donors (Lipinski definition) is 2. The van der Waals surface area contributed by atoms with E-state index in [9.17, 15) is 15.2 Å². The van der Waals surface area contributed by atoms with Crippen molar-refractivity contribution >= 4 is 5.69 Å². The Labute approximate surface area is 112 Å². The van der Waals surface area contributed by atoms with Crippen LogP contribution in [0.2, 0.25) is 0 Å². The number of aliphatic hydroxyl groups is 1. The quantitative estimate of drug-likeness (QED) is 0.611. The van der Waals surface area contributed by atoms with E-state index in [4.69, 9.17) is 0 Å². The van der Waals surface area contributed by atoms with Gasteiger partial charge in [0.25, 0.3) is 5.69 Å². The van der Waals surface area contributed by atoms with Crippen molar-refractivity contribution in [2.45, 2.75) is 12.5 Å². The molecule has 1 saturated heterocycles. The van der Waals surface area contributed by atoms with Gasteiger partial charge in [0, 0.05) is 44.9 Å². The van der Waals surface area contributed by atoms with Gasteiger partial charge in [-0.05, 0) is 12.0 Å². The van der Waals surface area contributed by atoms with Crippen LogP contribution in [0.25, 0.3) is 0 Å². The first kappa shape index (κ1) is 13.9. The standard InChI is InChI=1S/C13H19N3O3/c17-13(4-7-15-8-5-14-6-9-15)11-2-1-3-12(10-11)16(18)19/h1-3,10,13-14,17H,4-9H2. The van der Waals surface area contributed by atoms with Crippen molar-refractivity contribution < 1.29 is 10.0 Å². The summed E-state index contributed by atoms with van der Waals surface area (Å²) in [7, 11) is 0. The maximum Gasteiger partial charge on any atom is 0.269 e.